The standard InChI is InChI=1S/C19H26Cl2N2O4/c1-3-4-7-23-8-5-12(6-9-23)27-19(24)13-14(20)15(21)16(22)18-17(13)25-10-11(2)26-18/h11-12H,3-10,22H2,1-2H3. The molecule has 0 spiro atoms. The first-order valence-electron chi connectivity index (χ1n) is 9.45. The number of benzene rings is 1. The molecule has 1 fully saturated rings. The summed E-state index contributed by atoms with van der Waals surface area (Å²) in [5.41, 5.74) is 6.26. The van der Waals surface area contributed by atoms with Crippen molar-refractivity contribution in [3.05, 3.63) is 15.6 Å². The van der Waals surface area contributed by atoms with Crippen molar-refractivity contribution >= 4 is 34.9 Å². The van der Waals surface area contributed by atoms with E-state index in [4.69, 9.17) is 43.1 Å². The Morgan fingerprint density at radius 1 is 1.26 bits per heavy atom. The SMILES string of the molecule is CCCCN1CCC(OC(=O)c2c(Cl)c(Cl)c(N)c3c2OCC(C)O3)CC1. The van der Waals surface area contributed by atoms with Crippen molar-refractivity contribution in [2.45, 2.75) is 51.7 Å². The molecule has 1 aromatic rings. The topological polar surface area (TPSA) is 74.0 Å². The summed E-state index contributed by atoms with van der Waals surface area (Å²) in [6.45, 7) is 7.25. The second kappa shape index (κ2) is 8.76. The monoisotopic (exact) mass is 416 g/mol. The number of ether oxygens (including phenoxy) is 3. The molecule has 0 aliphatic carbocycles. The van der Waals surface area contributed by atoms with Gasteiger partial charge in [-0.15, -0.1) is 0 Å². The predicted octanol–water partition coefficient (Wildman–Crippen LogP) is 4.16. The summed E-state index contributed by atoms with van der Waals surface area (Å²) in [6.07, 6.45) is 3.61. The lowest BCUT2D eigenvalue weighted by Crippen LogP contribution is -2.38. The number of carbonyl (C=O) groups is 1. The number of piperidine rings is 1. The Morgan fingerprint density at radius 2 is 1.96 bits per heavy atom. The highest BCUT2D eigenvalue weighted by atomic mass is 35.5. The number of halogens is 2. The molecule has 3 rings (SSSR count). The van der Waals surface area contributed by atoms with E-state index in [-0.39, 0.29) is 45.0 Å². The van der Waals surface area contributed by atoms with Gasteiger partial charge in [-0.3, -0.25) is 0 Å². The number of hydrogen-bond acceptors (Lipinski definition) is 6. The molecule has 0 bridgehead atoms. The summed E-state index contributed by atoms with van der Waals surface area (Å²) in [6, 6.07) is 0. The highest BCUT2D eigenvalue weighted by molar-refractivity contribution is 6.46. The van der Waals surface area contributed by atoms with Crippen LogP contribution in [0.2, 0.25) is 10.0 Å². The molecule has 0 saturated carbocycles. The van der Waals surface area contributed by atoms with Crippen LogP contribution in [-0.2, 0) is 4.74 Å². The molecule has 1 atom stereocenters. The van der Waals surface area contributed by atoms with Crippen molar-refractivity contribution in [1.82, 2.24) is 4.90 Å². The van der Waals surface area contributed by atoms with Crippen LogP contribution in [0.5, 0.6) is 11.5 Å². The Balaban J connectivity index is 1.74. The van der Waals surface area contributed by atoms with Crippen LogP contribution in [0.3, 0.4) is 0 Å². The molecule has 150 valence electrons. The zero-order valence-corrected chi connectivity index (χ0v) is 17.2. The van der Waals surface area contributed by atoms with Gasteiger partial charge < -0.3 is 24.8 Å². The van der Waals surface area contributed by atoms with E-state index in [1.807, 2.05) is 6.92 Å². The van der Waals surface area contributed by atoms with Crippen molar-refractivity contribution < 1.29 is 19.0 Å². The summed E-state index contributed by atoms with van der Waals surface area (Å²) in [5, 5.41) is 0.117. The van der Waals surface area contributed by atoms with Crippen LogP contribution in [0, 0.1) is 0 Å². The number of unbranched alkanes of at least 4 members (excludes halogenated alkanes) is 1. The molecule has 0 aromatic heterocycles. The first-order valence-corrected chi connectivity index (χ1v) is 10.2. The van der Waals surface area contributed by atoms with Crippen LogP contribution >= 0.6 is 23.2 Å². The molecule has 1 aromatic carbocycles. The number of fused-ring (bicyclic) bond motifs is 1. The van der Waals surface area contributed by atoms with Gasteiger partial charge in [-0.05, 0) is 32.7 Å². The van der Waals surface area contributed by atoms with E-state index in [9.17, 15) is 4.79 Å². The molecular formula is C19H26Cl2N2O4. The van der Waals surface area contributed by atoms with Gasteiger partial charge in [0.15, 0.2) is 11.5 Å². The smallest absolute Gasteiger partial charge is 0.343 e. The van der Waals surface area contributed by atoms with Gasteiger partial charge in [-0.25, -0.2) is 4.79 Å². The second-order valence-electron chi connectivity index (χ2n) is 7.11. The lowest BCUT2D eigenvalue weighted by Gasteiger charge is -2.32. The Morgan fingerprint density at radius 3 is 2.63 bits per heavy atom. The molecule has 1 saturated heterocycles. The van der Waals surface area contributed by atoms with Crippen molar-refractivity contribution in [2.24, 2.45) is 0 Å². The molecule has 2 N–H and O–H groups in total. The van der Waals surface area contributed by atoms with E-state index < -0.39 is 5.97 Å². The quantitative estimate of drug-likeness (QED) is 0.573. The number of nitrogens with two attached hydrogens (primary N) is 1. The molecule has 2 aliphatic rings. The third kappa shape index (κ3) is 4.39. The summed E-state index contributed by atoms with van der Waals surface area (Å²) in [5.74, 6) is -0.0850. The fraction of sp³-hybridized carbons (Fsp3) is 0.632. The van der Waals surface area contributed by atoms with E-state index in [1.54, 1.807) is 0 Å². The maximum atomic E-state index is 12.8. The molecular weight excluding hydrogens is 391 g/mol. The average Bonchev–Trinajstić information content (AvgIpc) is 2.66. The van der Waals surface area contributed by atoms with E-state index in [2.05, 4.69) is 11.8 Å². The van der Waals surface area contributed by atoms with Crippen molar-refractivity contribution in [1.29, 1.82) is 0 Å². The van der Waals surface area contributed by atoms with Crippen LogP contribution in [0.1, 0.15) is 49.9 Å². The summed E-state index contributed by atoms with van der Waals surface area (Å²) in [4.78, 5) is 15.3. The van der Waals surface area contributed by atoms with E-state index in [0.29, 0.717) is 6.61 Å². The Labute approximate surface area is 169 Å². The Bertz CT molecular complexity index is 706. The Kier molecular flexibility index (Phi) is 6.61. The molecule has 2 heterocycles. The lowest BCUT2D eigenvalue weighted by molar-refractivity contribution is 0.0103. The van der Waals surface area contributed by atoms with Gasteiger partial charge in [0.25, 0.3) is 0 Å². The fourth-order valence-electron chi connectivity index (χ4n) is 3.38. The Hall–Kier alpha value is -1.37. The van der Waals surface area contributed by atoms with E-state index in [0.717, 1.165) is 32.5 Å². The second-order valence-corrected chi connectivity index (χ2v) is 7.87. The number of nitrogen functional groups attached to an aromatic ring is 1. The molecule has 8 heteroatoms. The maximum Gasteiger partial charge on any atom is 0.343 e. The lowest BCUT2D eigenvalue weighted by atomic mass is 10.1. The van der Waals surface area contributed by atoms with Crippen LogP contribution in [0.4, 0.5) is 5.69 Å². The average molecular weight is 417 g/mol. The van der Waals surface area contributed by atoms with Gasteiger partial charge >= 0.3 is 5.97 Å². The van der Waals surface area contributed by atoms with Gasteiger partial charge in [-0.2, -0.15) is 0 Å². The number of esters is 1. The number of rotatable bonds is 5. The molecule has 6 nitrogen and oxygen atoms in total. The first-order chi connectivity index (χ1) is 12.9. The van der Waals surface area contributed by atoms with Crippen LogP contribution in [0.15, 0.2) is 0 Å². The summed E-state index contributed by atoms with van der Waals surface area (Å²) >= 11 is 12.5. The van der Waals surface area contributed by atoms with E-state index >= 15 is 0 Å². The largest absolute Gasteiger partial charge is 0.485 e. The highest BCUT2D eigenvalue weighted by Crippen LogP contribution is 2.49. The zero-order valence-electron chi connectivity index (χ0n) is 15.7. The van der Waals surface area contributed by atoms with Gasteiger partial charge in [-0.1, -0.05) is 36.5 Å². The van der Waals surface area contributed by atoms with Crippen LogP contribution < -0.4 is 15.2 Å². The molecule has 1 unspecified atom stereocenters. The van der Waals surface area contributed by atoms with Crippen LogP contribution in [-0.4, -0.2) is 49.3 Å². The minimum Gasteiger partial charge on any atom is -0.485 e. The third-order valence-electron chi connectivity index (χ3n) is 4.95. The van der Waals surface area contributed by atoms with Gasteiger partial charge in [0.1, 0.15) is 24.4 Å². The number of likely N-dealkylation sites (tertiary alicyclic amines) is 1. The minimum atomic E-state index is -0.552. The van der Waals surface area contributed by atoms with Gasteiger partial charge in [0, 0.05) is 13.1 Å². The minimum absolute atomic E-state index is 0.0384. The summed E-state index contributed by atoms with van der Waals surface area (Å²) in [7, 11) is 0. The van der Waals surface area contributed by atoms with Crippen molar-refractivity contribution in [2.75, 3.05) is 32.0 Å². The molecule has 0 amide bonds. The van der Waals surface area contributed by atoms with Crippen molar-refractivity contribution in [3.8, 4) is 11.5 Å². The zero-order chi connectivity index (χ0) is 19.6. The fourth-order valence-corrected chi connectivity index (χ4v) is 3.82. The van der Waals surface area contributed by atoms with Crippen molar-refractivity contribution in [3.63, 3.8) is 0 Å². The normalized spacial score (nSPS) is 20.5. The first kappa shape index (κ1) is 20.4. The maximum absolute atomic E-state index is 12.8. The predicted molar refractivity (Wildman–Crippen MR) is 106 cm³/mol. The van der Waals surface area contributed by atoms with Gasteiger partial charge in [0.05, 0.1) is 15.7 Å². The number of anilines is 1. The van der Waals surface area contributed by atoms with Gasteiger partial charge in [0.2, 0.25) is 0 Å². The molecule has 27 heavy (non-hydrogen) atoms. The van der Waals surface area contributed by atoms with E-state index in [1.165, 1.54) is 12.8 Å². The molecule has 0 radical (unpaired) electrons. The molecule has 2 aliphatic heterocycles. The highest BCUT2D eigenvalue weighted by Gasteiger charge is 2.33. The number of nitrogens with zero attached hydrogens (tertiary/aromatic N) is 1. The van der Waals surface area contributed by atoms with Crippen LogP contribution in [0.25, 0.3) is 0 Å². The number of hydrogen-bond donors (Lipinski definition) is 1. The third-order valence-corrected chi connectivity index (χ3v) is 5.82. The number of carbonyl (C=O) groups excluding carboxylic acids is 1. The summed E-state index contributed by atoms with van der Waals surface area (Å²) < 4.78 is 17.1.